The van der Waals surface area contributed by atoms with E-state index in [9.17, 15) is 4.79 Å². The molecule has 1 atom stereocenters. The Morgan fingerprint density at radius 2 is 1.65 bits per heavy atom. The Morgan fingerprint density at radius 1 is 1.03 bits per heavy atom. The van der Waals surface area contributed by atoms with Crippen LogP contribution >= 0.6 is 0 Å². The molecule has 174 valence electrons. The van der Waals surface area contributed by atoms with Crippen molar-refractivity contribution in [2.45, 2.75) is 45.6 Å². The Morgan fingerprint density at radius 3 is 2.26 bits per heavy atom. The Hall–Kier alpha value is -2.71. The predicted octanol–water partition coefficient (Wildman–Crippen LogP) is 2.68. The summed E-state index contributed by atoms with van der Waals surface area (Å²) in [6, 6.07) is 10.4. The van der Waals surface area contributed by atoms with Gasteiger partial charge in [0.1, 0.15) is 0 Å². The molecule has 0 aliphatic carbocycles. The number of nitrogens with zero attached hydrogens (tertiary/aromatic N) is 1. The number of hydrogen-bond donors (Lipinski definition) is 4. The smallest absolute Gasteiger partial charge is 0.290 e. The first-order valence-corrected chi connectivity index (χ1v) is 10.5. The standard InChI is InChI=1S/C21H33N3O.2CH2O2/c1-18(2)11-16-24-14-7-6-12-22-20(19-9-4-3-5-10-19)17-21(25)23-13-8-15-24;2*2-1-3/h3-5,9-11,20,22H,6-8,12-17H2,1-2H3,(H,23,25);2*1H,(H,2,3). The Balaban J connectivity index is 0.00000134. The van der Waals surface area contributed by atoms with Crippen molar-refractivity contribution in [3.63, 3.8) is 0 Å². The van der Waals surface area contributed by atoms with E-state index in [0.29, 0.717) is 6.42 Å². The molecule has 1 aliphatic rings. The van der Waals surface area contributed by atoms with Gasteiger partial charge in [-0.25, -0.2) is 0 Å². The van der Waals surface area contributed by atoms with Gasteiger partial charge in [0.2, 0.25) is 5.91 Å². The third kappa shape index (κ3) is 15.7. The molecule has 4 N–H and O–H groups in total. The van der Waals surface area contributed by atoms with Gasteiger partial charge in [0.05, 0.1) is 0 Å². The van der Waals surface area contributed by atoms with E-state index in [0.717, 1.165) is 45.6 Å². The average Bonchev–Trinajstić information content (AvgIpc) is 2.76. The molecule has 1 aromatic rings. The van der Waals surface area contributed by atoms with Gasteiger partial charge in [-0.1, -0.05) is 42.0 Å². The first kappa shape index (κ1) is 28.3. The molecule has 8 nitrogen and oxygen atoms in total. The Kier molecular flexibility index (Phi) is 17.6. The van der Waals surface area contributed by atoms with Gasteiger partial charge in [0, 0.05) is 32.1 Å². The van der Waals surface area contributed by atoms with Gasteiger partial charge in [-0.2, -0.15) is 0 Å². The Labute approximate surface area is 185 Å². The molecule has 0 aromatic heterocycles. The van der Waals surface area contributed by atoms with Crippen molar-refractivity contribution in [2.75, 3.05) is 32.7 Å². The van der Waals surface area contributed by atoms with Crippen LogP contribution in [0, 0.1) is 0 Å². The molecular formula is C23H37N3O5. The summed E-state index contributed by atoms with van der Waals surface area (Å²) < 4.78 is 0. The van der Waals surface area contributed by atoms with Crippen molar-refractivity contribution in [2.24, 2.45) is 0 Å². The minimum Gasteiger partial charge on any atom is -0.483 e. The molecule has 1 saturated heterocycles. The summed E-state index contributed by atoms with van der Waals surface area (Å²) in [6.45, 7) is 8.67. The van der Waals surface area contributed by atoms with E-state index in [4.69, 9.17) is 19.8 Å². The van der Waals surface area contributed by atoms with E-state index >= 15 is 0 Å². The molecule has 0 saturated carbocycles. The van der Waals surface area contributed by atoms with Crippen molar-refractivity contribution in [3.05, 3.63) is 47.5 Å². The fourth-order valence-electron chi connectivity index (χ4n) is 3.12. The normalized spacial score (nSPS) is 18.0. The van der Waals surface area contributed by atoms with Crippen LogP contribution in [0.3, 0.4) is 0 Å². The number of hydrogen-bond acceptors (Lipinski definition) is 5. The number of allylic oxidation sites excluding steroid dienone is 1. The topological polar surface area (TPSA) is 119 Å². The summed E-state index contributed by atoms with van der Waals surface area (Å²) in [5.74, 6) is 0.136. The molecule has 0 bridgehead atoms. The first-order valence-electron chi connectivity index (χ1n) is 10.5. The fourth-order valence-corrected chi connectivity index (χ4v) is 3.12. The maximum atomic E-state index is 12.3. The molecule has 1 amide bonds. The number of carboxylic acid groups (broad SMARTS) is 2. The zero-order valence-corrected chi connectivity index (χ0v) is 18.6. The average molecular weight is 436 g/mol. The highest BCUT2D eigenvalue weighted by molar-refractivity contribution is 5.76. The van der Waals surface area contributed by atoms with Crippen molar-refractivity contribution in [1.82, 2.24) is 15.5 Å². The molecule has 1 aromatic carbocycles. The summed E-state index contributed by atoms with van der Waals surface area (Å²) in [5.41, 5.74) is 2.56. The molecule has 2 rings (SSSR count). The van der Waals surface area contributed by atoms with Crippen LogP contribution < -0.4 is 10.6 Å². The van der Waals surface area contributed by atoms with Crippen LogP contribution in [0.2, 0.25) is 0 Å². The molecule has 0 radical (unpaired) electrons. The molecule has 1 unspecified atom stereocenters. The van der Waals surface area contributed by atoms with Gasteiger partial charge in [0.15, 0.2) is 0 Å². The van der Waals surface area contributed by atoms with Crippen LogP contribution in [0.4, 0.5) is 0 Å². The molecule has 1 fully saturated rings. The number of carbonyl (C=O) groups is 3. The van der Waals surface area contributed by atoms with Crippen molar-refractivity contribution >= 4 is 18.9 Å². The number of amides is 1. The zero-order chi connectivity index (χ0) is 23.3. The molecular weight excluding hydrogens is 398 g/mol. The van der Waals surface area contributed by atoms with E-state index in [-0.39, 0.29) is 24.9 Å². The summed E-state index contributed by atoms with van der Waals surface area (Å²) in [5, 5.41) is 20.4. The second kappa shape index (κ2) is 19.3. The lowest BCUT2D eigenvalue weighted by Gasteiger charge is -2.21. The predicted molar refractivity (Wildman–Crippen MR) is 122 cm³/mol. The molecule has 8 heteroatoms. The highest BCUT2D eigenvalue weighted by Crippen LogP contribution is 2.16. The van der Waals surface area contributed by atoms with Gasteiger partial charge in [-0.3, -0.25) is 19.3 Å². The van der Waals surface area contributed by atoms with E-state index in [1.54, 1.807) is 0 Å². The van der Waals surface area contributed by atoms with E-state index in [1.165, 1.54) is 17.6 Å². The fraction of sp³-hybridized carbons (Fsp3) is 0.522. The van der Waals surface area contributed by atoms with Gasteiger partial charge in [0.25, 0.3) is 12.9 Å². The molecule has 0 spiro atoms. The molecule has 31 heavy (non-hydrogen) atoms. The lowest BCUT2D eigenvalue weighted by molar-refractivity contribution is -0.123. The van der Waals surface area contributed by atoms with Crippen LogP contribution in [0.1, 0.15) is 51.1 Å². The van der Waals surface area contributed by atoms with Crippen LogP contribution in [-0.4, -0.2) is 66.7 Å². The zero-order valence-electron chi connectivity index (χ0n) is 18.6. The lowest BCUT2D eigenvalue weighted by atomic mass is 10.0. The minimum absolute atomic E-state index is 0.101. The quantitative estimate of drug-likeness (QED) is 0.426. The minimum atomic E-state index is -0.250. The number of rotatable bonds is 3. The highest BCUT2D eigenvalue weighted by Gasteiger charge is 2.15. The number of carbonyl (C=O) groups excluding carboxylic acids is 1. The van der Waals surface area contributed by atoms with Gasteiger partial charge < -0.3 is 20.8 Å². The Bertz CT molecular complexity index is 627. The molecule has 1 heterocycles. The first-order chi connectivity index (χ1) is 15.0. The third-order valence-electron chi connectivity index (χ3n) is 4.61. The van der Waals surface area contributed by atoms with Gasteiger partial charge in [-0.05, 0) is 51.8 Å². The van der Waals surface area contributed by atoms with Gasteiger partial charge in [-0.15, -0.1) is 0 Å². The van der Waals surface area contributed by atoms with Crippen molar-refractivity contribution < 1.29 is 24.6 Å². The van der Waals surface area contributed by atoms with E-state index in [1.807, 2.05) is 18.2 Å². The number of benzene rings is 1. The maximum Gasteiger partial charge on any atom is 0.290 e. The monoisotopic (exact) mass is 435 g/mol. The van der Waals surface area contributed by atoms with Crippen LogP contribution in [0.25, 0.3) is 0 Å². The summed E-state index contributed by atoms with van der Waals surface area (Å²) >= 11 is 0. The SMILES string of the molecule is CC(C)=CCN1CCCCNC(c2ccccc2)CC(=O)NCCC1.O=CO.O=CO. The van der Waals surface area contributed by atoms with Crippen molar-refractivity contribution in [3.8, 4) is 0 Å². The second-order valence-corrected chi connectivity index (χ2v) is 7.33. The maximum absolute atomic E-state index is 12.3. The molecule has 1 aliphatic heterocycles. The van der Waals surface area contributed by atoms with Crippen LogP contribution in [0.5, 0.6) is 0 Å². The summed E-state index contributed by atoms with van der Waals surface area (Å²) in [7, 11) is 0. The van der Waals surface area contributed by atoms with Crippen LogP contribution in [0.15, 0.2) is 42.0 Å². The van der Waals surface area contributed by atoms with E-state index < -0.39 is 0 Å². The second-order valence-electron chi connectivity index (χ2n) is 7.33. The number of nitrogens with one attached hydrogen (secondary N) is 2. The lowest BCUT2D eigenvalue weighted by Crippen LogP contribution is -2.32. The van der Waals surface area contributed by atoms with Crippen LogP contribution in [-0.2, 0) is 14.4 Å². The van der Waals surface area contributed by atoms with E-state index in [2.05, 4.69) is 47.6 Å². The van der Waals surface area contributed by atoms with Crippen molar-refractivity contribution in [1.29, 1.82) is 0 Å². The third-order valence-corrected chi connectivity index (χ3v) is 4.61. The highest BCUT2D eigenvalue weighted by atomic mass is 16.3. The summed E-state index contributed by atoms with van der Waals surface area (Å²) in [6.07, 6.45) is 6.13. The van der Waals surface area contributed by atoms with Gasteiger partial charge >= 0.3 is 0 Å². The largest absolute Gasteiger partial charge is 0.483 e. The summed E-state index contributed by atoms with van der Waals surface area (Å²) in [4.78, 5) is 31.5.